The molecule has 0 aliphatic heterocycles. The lowest BCUT2D eigenvalue weighted by atomic mass is 9.93. The summed E-state index contributed by atoms with van der Waals surface area (Å²) in [5.41, 5.74) is 1.25. The fourth-order valence-electron chi connectivity index (χ4n) is 2.47. The Morgan fingerprint density at radius 3 is 2.57 bits per heavy atom. The van der Waals surface area contributed by atoms with Crippen molar-refractivity contribution < 1.29 is 14.2 Å². The molecule has 0 aromatic heterocycles. The summed E-state index contributed by atoms with van der Waals surface area (Å²) in [6.07, 6.45) is 2.26. The molecular formula is C17H29NO3. The van der Waals surface area contributed by atoms with E-state index in [-0.39, 0.29) is 6.10 Å². The second-order valence-corrected chi connectivity index (χ2v) is 5.36. The maximum atomic E-state index is 5.45. The van der Waals surface area contributed by atoms with Crippen LogP contribution in [0.2, 0.25) is 0 Å². The van der Waals surface area contributed by atoms with E-state index in [0.717, 1.165) is 38.3 Å². The average Bonchev–Trinajstić information content (AvgIpc) is 2.51. The molecule has 21 heavy (non-hydrogen) atoms. The van der Waals surface area contributed by atoms with Crippen LogP contribution in [0.3, 0.4) is 0 Å². The number of hydrogen-bond acceptors (Lipinski definition) is 4. The monoisotopic (exact) mass is 295 g/mol. The van der Waals surface area contributed by atoms with Gasteiger partial charge in [0, 0.05) is 20.8 Å². The Kier molecular flexibility index (Phi) is 9.06. The van der Waals surface area contributed by atoms with Gasteiger partial charge in [0.1, 0.15) is 5.75 Å². The molecule has 0 fully saturated rings. The van der Waals surface area contributed by atoms with Gasteiger partial charge in [-0.1, -0.05) is 18.2 Å². The molecule has 1 rings (SSSR count). The van der Waals surface area contributed by atoms with Crippen LogP contribution < -0.4 is 10.1 Å². The first-order valence-corrected chi connectivity index (χ1v) is 7.55. The summed E-state index contributed by atoms with van der Waals surface area (Å²) in [5, 5.41) is 3.45. The lowest BCUT2D eigenvalue weighted by molar-refractivity contribution is 0.0940. The van der Waals surface area contributed by atoms with Crippen LogP contribution in [0.1, 0.15) is 18.9 Å². The van der Waals surface area contributed by atoms with Crippen molar-refractivity contribution in [2.24, 2.45) is 5.92 Å². The summed E-state index contributed by atoms with van der Waals surface area (Å²) in [7, 11) is 5.21. The lowest BCUT2D eigenvalue weighted by Gasteiger charge is -2.22. The zero-order valence-corrected chi connectivity index (χ0v) is 13.7. The minimum Gasteiger partial charge on any atom is -0.496 e. The van der Waals surface area contributed by atoms with E-state index in [0.29, 0.717) is 5.92 Å². The zero-order valence-electron chi connectivity index (χ0n) is 13.7. The molecule has 120 valence electrons. The van der Waals surface area contributed by atoms with E-state index in [2.05, 4.69) is 24.4 Å². The van der Waals surface area contributed by atoms with Crippen LogP contribution in [-0.2, 0) is 15.9 Å². The summed E-state index contributed by atoms with van der Waals surface area (Å²) in [6.45, 7) is 4.68. The van der Waals surface area contributed by atoms with Crippen molar-refractivity contribution in [1.82, 2.24) is 5.32 Å². The summed E-state index contributed by atoms with van der Waals surface area (Å²) >= 11 is 0. The number of benzene rings is 1. The molecule has 0 saturated carbocycles. The second kappa shape index (κ2) is 10.6. The van der Waals surface area contributed by atoms with E-state index in [1.807, 2.05) is 12.1 Å². The van der Waals surface area contributed by atoms with Crippen LogP contribution in [0.4, 0.5) is 0 Å². The zero-order chi connectivity index (χ0) is 15.5. The third kappa shape index (κ3) is 6.93. The molecule has 1 aromatic rings. The number of ether oxygens (including phenoxy) is 3. The molecule has 1 N–H and O–H groups in total. The van der Waals surface area contributed by atoms with Crippen molar-refractivity contribution in [2.75, 3.05) is 41.0 Å². The fourth-order valence-corrected chi connectivity index (χ4v) is 2.47. The lowest BCUT2D eigenvalue weighted by Crippen LogP contribution is -2.29. The van der Waals surface area contributed by atoms with Gasteiger partial charge in [-0.3, -0.25) is 0 Å². The highest BCUT2D eigenvalue weighted by Crippen LogP contribution is 2.23. The highest BCUT2D eigenvalue weighted by molar-refractivity contribution is 5.33. The smallest absolute Gasteiger partial charge is 0.122 e. The number of nitrogens with one attached hydrogen (secondary N) is 1. The van der Waals surface area contributed by atoms with Crippen LogP contribution in [0, 0.1) is 5.92 Å². The number of para-hydroxylation sites is 1. The minimum atomic E-state index is 0.258. The SMILES string of the molecule is COCCNCC(Cc1ccccc1OC)CC(C)OC. The first kappa shape index (κ1) is 18.0. The molecule has 0 saturated heterocycles. The Bertz CT molecular complexity index is 384. The van der Waals surface area contributed by atoms with Crippen LogP contribution in [0.5, 0.6) is 5.75 Å². The highest BCUT2D eigenvalue weighted by atomic mass is 16.5. The Balaban J connectivity index is 2.62. The van der Waals surface area contributed by atoms with Crippen LogP contribution in [-0.4, -0.2) is 47.1 Å². The number of methoxy groups -OCH3 is 3. The predicted molar refractivity (Wildman–Crippen MR) is 86.0 cm³/mol. The molecule has 4 heteroatoms. The maximum Gasteiger partial charge on any atom is 0.122 e. The second-order valence-electron chi connectivity index (χ2n) is 5.36. The van der Waals surface area contributed by atoms with E-state index in [4.69, 9.17) is 14.2 Å². The van der Waals surface area contributed by atoms with Crippen molar-refractivity contribution >= 4 is 0 Å². The minimum absolute atomic E-state index is 0.258. The van der Waals surface area contributed by atoms with E-state index in [1.165, 1.54) is 5.56 Å². The Morgan fingerprint density at radius 2 is 1.90 bits per heavy atom. The molecule has 0 aliphatic carbocycles. The van der Waals surface area contributed by atoms with E-state index in [1.54, 1.807) is 21.3 Å². The highest BCUT2D eigenvalue weighted by Gasteiger charge is 2.15. The molecule has 0 radical (unpaired) electrons. The van der Waals surface area contributed by atoms with Gasteiger partial charge in [-0.25, -0.2) is 0 Å². The first-order chi connectivity index (χ1) is 10.2. The molecular weight excluding hydrogens is 266 g/mol. The summed E-state index contributed by atoms with van der Waals surface area (Å²) in [4.78, 5) is 0. The molecule has 0 amide bonds. The van der Waals surface area contributed by atoms with E-state index >= 15 is 0 Å². The molecule has 0 spiro atoms. The van der Waals surface area contributed by atoms with E-state index in [9.17, 15) is 0 Å². The standard InChI is InChI=1S/C17H29NO3/c1-14(20-3)11-15(13-18-9-10-19-2)12-16-7-5-6-8-17(16)21-4/h5-8,14-15,18H,9-13H2,1-4H3. The number of hydrogen-bond donors (Lipinski definition) is 1. The summed E-state index contributed by atoms with van der Waals surface area (Å²) in [6, 6.07) is 8.22. The predicted octanol–water partition coefficient (Wildman–Crippen LogP) is 2.51. The fraction of sp³-hybridized carbons (Fsp3) is 0.647. The Morgan fingerprint density at radius 1 is 1.14 bits per heavy atom. The largest absolute Gasteiger partial charge is 0.496 e. The van der Waals surface area contributed by atoms with Crippen molar-refractivity contribution in [3.63, 3.8) is 0 Å². The number of rotatable bonds is 11. The Labute approximate surface area is 128 Å². The van der Waals surface area contributed by atoms with Gasteiger partial charge < -0.3 is 19.5 Å². The molecule has 0 heterocycles. The van der Waals surface area contributed by atoms with Gasteiger partial charge in [-0.15, -0.1) is 0 Å². The molecule has 0 aliphatic rings. The van der Waals surface area contributed by atoms with Crippen molar-refractivity contribution in [2.45, 2.75) is 25.9 Å². The Hall–Kier alpha value is -1.10. The van der Waals surface area contributed by atoms with Gasteiger partial charge in [0.15, 0.2) is 0 Å². The first-order valence-electron chi connectivity index (χ1n) is 7.55. The molecule has 2 atom stereocenters. The van der Waals surface area contributed by atoms with Crippen molar-refractivity contribution in [3.05, 3.63) is 29.8 Å². The van der Waals surface area contributed by atoms with Crippen molar-refractivity contribution in [3.8, 4) is 5.75 Å². The third-order valence-electron chi connectivity index (χ3n) is 3.68. The van der Waals surface area contributed by atoms with Gasteiger partial charge in [0.25, 0.3) is 0 Å². The van der Waals surface area contributed by atoms with Gasteiger partial charge in [-0.05, 0) is 43.9 Å². The van der Waals surface area contributed by atoms with Gasteiger partial charge in [0.05, 0.1) is 19.8 Å². The topological polar surface area (TPSA) is 39.7 Å². The van der Waals surface area contributed by atoms with Crippen molar-refractivity contribution in [1.29, 1.82) is 0 Å². The van der Waals surface area contributed by atoms with Gasteiger partial charge >= 0.3 is 0 Å². The quantitative estimate of drug-likeness (QED) is 0.637. The average molecular weight is 295 g/mol. The van der Waals surface area contributed by atoms with Gasteiger partial charge in [-0.2, -0.15) is 0 Å². The summed E-state index contributed by atoms with van der Waals surface area (Å²) < 4.78 is 15.9. The molecule has 1 aromatic carbocycles. The normalized spacial score (nSPS) is 13.9. The van der Waals surface area contributed by atoms with Crippen LogP contribution in [0.25, 0.3) is 0 Å². The molecule has 0 bridgehead atoms. The van der Waals surface area contributed by atoms with Crippen LogP contribution in [0.15, 0.2) is 24.3 Å². The summed E-state index contributed by atoms with van der Waals surface area (Å²) in [5.74, 6) is 1.47. The molecule has 4 nitrogen and oxygen atoms in total. The van der Waals surface area contributed by atoms with Gasteiger partial charge in [0.2, 0.25) is 0 Å². The van der Waals surface area contributed by atoms with E-state index < -0.39 is 0 Å². The maximum absolute atomic E-state index is 5.45. The molecule has 2 unspecified atom stereocenters. The third-order valence-corrected chi connectivity index (χ3v) is 3.68. The van der Waals surface area contributed by atoms with Crippen LogP contribution >= 0.6 is 0 Å².